The van der Waals surface area contributed by atoms with Crippen molar-refractivity contribution in [1.29, 1.82) is 0 Å². The number of aromatic hydroxyl groups is 1. The van der Waals surface area contributed by atoms with Crippen LogP contribution in [0.3, 0.4) is 0 Å². The molecule has 1 atom stereocenters. The molecule has 1 aromatic rings. The van der Waals surface area contributed by atoms with Gasteiger partial charge >= 0.3 is 0 Å². The van der Waals surface area contributed by atoms with Gasteiger partial charge in [0.2, 0.25) is 0 Å². The van der Waals surface area contributed by atoms with Gasteiger partial charge in [-0.05, 0) is 25.0 Å². The lowest BCUT2D eigenvalue weighted by atomic mass is 10.0. The highest BCUT2D eigenvalue weighted by atomic mass is 16.5. The van der Waals surface area contributed by atoms with Crippen molar-refractivity contribution < 1.29 is 14.9 Å². The summed E-state index contributed by atoms with van der Waals surface area (Å²) >= 11 is 0. The van der Waals surface area contributed by atoms with Crippen LogP contribution in [0.15, 0.2) is 18.2 Å². The normalized spacial score (nSPS) is 12.5. The first-order chi connectivity index (χ1) is 7.20. The summed E-state index contributed by atoms with van der Waals surface area (Å²) in [4.78, 5) is 0. The minimum atomic E-state index is -0.312. The molecule has 0 bridgehead atoms. The van der Waals surface area contributed by atoms with Crippen LogP contribution in [0.5, 0.6) is 11.5 Å². The fourth-order valence-corrected chi connectivity index (χ4v) is 1.54. The Morgan fingerprint density at radius 2 is 2.20 bits per heavy atom. The van der Waals surface area contributed by atoms with Gasteiger partial charge in [0, 0.05) is 12.6 Å². The lowest BCUT2D eigenvalue weighted by Crippen LogP contribution is -2.12. The maximum atomic E-state index is 9.67. The van der Waals surface area contributed by atoms with Crippen LogP contribution < -0.4 is 10.5 Å². The van der Waals surface area contributed by atoms with Gasteiger partial charge in [0.1, 0.15) is 11.5 Å². The number of phenols is 1. The van der Waals surface area contributed by atoms with Crippen molar-refractivity contribution in [3.05, 3.63) is 23.8 Å². The quantitative estimate of drug-likeness (QED) is 0.683. The molecule has 0 heterocycles. The molecule has 0 aliphatic heterocycles. The minimum absolute atomic E-state index is 0.101. The predicted octanol–water partition coefficient (Wildman–Crippen LogP) is 1.17. The van der Waals surface area contributed by atoms with E-state index in [1.165, 1.54) is 7.11 Å². The third kappa shape index (κ3) is 2.84. The van der Waals surface area contributed by atoms with Crippen molar-refractivity contribution in [2.45, 2.75) is 18.9 Å². The van der Waals surface area contributed by atoms with Gasteiger partial charge in [-0.15, -0.1) is 0 Å². The molecule has 0 saturated heterocycles. The fourth-order valence-electron chi connectivity index (χ4n) is 1.54. The molecule has 0 aromatic heterocycles. The van der Waals surface area contributed by atoms with E-state index in [9.17, 15) is 5.11 Å². The maximum Gasteiger partial charge on any atom is 0.127 e. The predicted molar refractivity (Wildman–Crippen MR) is 57.9 cm³/mol. The van der Waals surface area contributed by atoms with Gasteiger partial charge in [-0.1, -0.05) is 6.07 Å². The van der Waals surface area contributed by atoms with Crippen LogP contribution in [0.1, 0.15) is 24.4 Å². The molecular weight excluding hydrogens is 194 g/mol. The summed E-state index contributed by atoms with van der Waals surface area (Å²) in [5.41, 5.74) is 6.51. The van der Waals surface area contributed by atoms with Crippen LogP contribution >= 0.6 is 0 Å². The Hall–Kier alpha value is -1.26. The molecule has 15 heavy (non-hydrogen) atoms. The van der Waals surface area contributed by atoms with E-state index in [0.717, 1.165) is 0 Å². The third-order valence-corrected chi connectivity index (χ3v) is 2.31. The summed E-state index contributed by atoms with van der Waals surface area (Å²) < 4.78 is 5.12. The van der Waals surface area contributed by atoms with E-state index in [0.29, 0.717) is 24.2 Å². The highest BCUT2D eigenvalue weighted by Crippen LogP contribution is 2.33. The second kappa shape index (κ2) is 5.58. The van der Waals surface area contributed by atoms with Crippen molar-refractivity contribution in [2.24, 2.45) is 5.73 Å². The van der Waals surface area contributed by atoms with Gasteiger partial charge in [0.25, 0.3) is 0 Å². The number of rotatable bonds is 5. The van der Waals surface area contributed by atoms with Crippen molar-refractivity contribution in [2.75, 3.05) is 13.7 Å². The van der Waals surface area contributed by atoms with Crippen LogP contribution in [0.2, 0.25) is 0 Å². The van der Waals surface area contributed by atoms with E-state index < -0.39 is 0 Å². The van der Waals surface area contributed by atoms with Gasteiger partial charge < -0.3 is 20.7 Å². The number of methoxy groups -OCH3 is 1. The summed E-state index contributed by atoms with van der Waals surface area (Å²) in [6, 6.07) is 4.73. The second-order valence-corrected chi connectivity index (χ2v) is 3.37. The second-order valence-electron chi connectivity index (χ2n) is 3.37. The fraction of sp³-hybridized carbons (Fsp3) is 0.455. The summed E-state index contributed by atoms with van der Waals surface area (Å²) in [6.07, 6.45) is 1.23. The number of hydrogen-bond donors (Lipinski definition) is 3. The Morgan fingerprint density at radius 3 is 2.80 bits per heavy atom. The number of phenolic OH excluding ortho intramolecular Hbond substituents is 1. The third-order valence-electron chi connectivity index (χ3n) is 2.31. The maximum absolute atomic E-state index is 9.67. The summed E-state index contributed by atoms with van der Waals surface area (Å²) in [5, 5.41) is 18.4. The SMILES string of the molecule is COc1cccc(O)c1[C@@H](N)CCCO. The molecule has 0 spiro atoms. The van der Waals surface area contributed by atoms with Crippen molar-refractivity contribution >= 4 is 0 Å². The molecule has 0 saturated carbocycles. The largest absolute Gasteiger partial charge is 0.507 e. The lowest BCUT2D eigenvalue weighted by molar-refractivity contribution is 0.278. The first-order valence-electron chi connectivity index (χ1n) is 4.93. The Balaban J connectivity index is 2.90. The van der Waals surface area contributed by atoms with Crippen LogP contribution in [-0.2, 0) is 0 Å². The first-order valence-corrected chi connectivity index (χ1v) is 4.93. The molecule has 0 aliphatic rings. The molecule has 0 radical (unpaired) electrons. The Labute approximate surface area is 89.3 Å². The zero-order chi connectivity index (χ0) is 11.3. The number of aliphatic hydroxyl groups excluding tert-OH is 1. The highest BCUT2D eigenvalue weighted by molar-refractivity contribution is 5.45. The summed E-state index contributed by atoms with van der Waals surface area (Å²) in [7, 11) is 1.54. The molecule has 84 valence electrons. The van der Waals surface area contributed by atoms with E-state index >= 15 is 0 Å². The number of nitrogens with two attached hydrogens (primary N) is 1. The van der Waals surface area contributed by atoms with E-state index in [1.54, 1.807) is 18.2 Å². The monoisotopic (exact) mass is 211 g/mol. The zero-order valence-corrected chi connectivity index (χ0v) is 8.81. The average molecular weight is 211 g/mol. The summed E-state index contributed by atoms with van der Waals surface area (Å²) in [5.74, 6) is 0.722. The topological polar surface area (TPSA) is 75.7 Å². The Morgan fingerprint density at radius 1 is 1.47 bits per heavy atom. The van der Waals surface area contributed by atoms with Crippen LogP contribution in [0.4, 0.5) is 0 Å². The zero-order valence-electron chi connectivity index (χ0n) is 8.81. The molecule has 4 nitrogen and oxygen atoms in total. The molecule has 4 heteroatoms. The van der Waals surface area contributed by atoms with Gasteiger partial charge in [0.05, 0.1) is 12.7 Å². The van der Waals surface area contributed by atoms with E-state index in [-0.39, 0.29) is 18.4 Å². The standard InChI is InChI=1S/C11H17NO3/c1-15-10-6-2-5-9(14)11(10)8(12)4-3-7-13/h2,5-6,8,13-14H,3-4,7,12H2,1H3/t8-/m0/s1. The van der Waals surface area contributed by atoms with Crippen LogP contribution in [0.25, 0.3) is 0 Å². The van der Waals surface area contributed by atoms with Gasteiger partial charge in [-0.25, -0.2) is 0 Å². The number of benzene rings is 1. The lowest BCUT2D eigenvalue weighted by Gasteiger charge is -2.16. The number of ether oxygens (including phenoxy) is 1. The van der Waals surface area contributed by atoms with E-state index in [2.05, 4.69) is 0 Å². The van der Waals surface area contributed by atoms with Crippen molar-refractivity contribution in [1.82, 2.24) is 0 Å². The van der Waals surface area contributed by atoms with E-state index in [1.807, 2.05) is 0 Å². The highest BCUT2D eigenvalue weighted by Gasteiger charge is 2.15. The molecule has 0 amide bonds. The molecular formula is C11H17NO3. The van der Waals surface area contributed by atoms with Gasteiger partial charge in [-0.2, -0.15) is 0 Å². The van der Waals surface area contributed by atoms with Crippen molar-refractivity contribution in [3.63, 3.8) is 0 Å². The molecule has 1 rings (SSSR count). The minimum Gasteiger partial charge on any atom is -0.507 e. The molecule has 1 aromatic carbocycles. The van der Waals surface area contributed by atoms with Gasteiger partial charge in [-0.3, -0.25) is 0 Å². The van der Waals surface area contributed by atoms with Crippen LogP contribution in [0, 0.1) is 0 Å². The average Bonchev–Trinajstić information content (AvgIpc) is 2.25. The Bertz CT molecular complexity index is 315. The van der Waals surface area contributed by atoms with Crippen LogP contribution in [-0.4, -0.2) is 23.9 Å². The molecule has 0 fully saturated rings. The van der Waals surface area contributed by atoms with Crippen molar-refractivity contribution in [3.8, 4) is 11.5 Å². The molecule has 4 N–H and O–H groups in total. The van der Waals surface area contributed by atoms with Gasteiger partial charge in [0.15, 0.2) is 0 Å². The smallest absolute Gasteiger partial charge is 0.127 e. The molecule has 0 aliphatic carbocycles. The summed E-state index contributed by atoms with van der Waals surface area (Å²) in [6.45, 7) is 0.101. The first kappa shape index (κ1) is 11.8. The molecule has 0 unspecified atom stereocenters. The van der Waals surface area contributed by atoms with E-state index in [4.69, 9.17) is 15.6 Å². The number of aliphatic hydroxyl groups is 1. The number of hydrogen-bond acceptors (Lipinski definition) is 4. The Kier molecular flexibility index (Phi) is 4.39.